The highest BCUT2D eigenvalue weighted by Gasteiger charge is 2.14. The van der Waals surface area contributed by atoms with Gasteiger partial charge < -0.3 is 10.1 Å². The van der Waals surface area contributed by atoms with E-state index in [1.54, 1.807) is 0 Å². The van der Waals surface area contributed by atoms with E-state index < -0.39 is 13.0 Å². The van der Waals surface area contributed by atoms with Gasteiger partial charge in [0.15, 0.2) is 0 Å². The van der Waals surface area contributed by atoms with Crippen LogP contribution in [0, 0.1) is 6.92 Å². The monoisotopic (exact) mass is 257 g/mol. The minimum absolute atomic E-state index is 0.232. The van der Waals surface area contributed by atoms with Crippen molar-refractivity contribution >= 4 is 0 Å². The van der Waals surface area contributed by atoms with Crippen LogP contribution in [0.1, 0.15) is 22.8 Å². The Balaban J connectivity index is 1.95. The minimum Gasteiger partial charge on any atom is -0.375 e. The lowest BCUT2D eigenvalue weighted by molar-refractivity contribution is 0.0182. The van der Waals surface area contributed by atoms with Crippen molar-refractivity contribution in [3.63, 3.8) is 0 Å². The predicted octanol–water partition coefficient (Wildman–Crippen LogP) is 1.25. The third-order valence-electron chi connectivity index (χ3n) is 2.90. The van der Waals surface area contributed by atoms with E-state index >= 15 is 0 Å². The second-order valence-corrected chi connectivity index (χ2v) is 4.29. The molecule has 0 spiro atoms. The summed E-state index contributed by atoms with van der Waals surface area (Å²) in [6.07, 6.45) is -0.996. The molecule has 0 saturated carbocycles. The summed E-state index contributed by atoms with van der Waals surface area (Å²) in [7, 11) is 0. The minimum atomic E-state index is -2.42. The highest BCUT2D eigenvalue weighted by molar-refractivity contribution is 5.27. The lowest BCUT2D eigenvalue weighted by Crippen LogP contribution is -2.26. The summed E-state index contributed by atoms with van der Waals surface area (Å²) < 4.78 is 28.6. The van der Waals surface area contributed by atoms with Gasteiger partial charge in [0, 0.05) is 18.7 Å². The van der Waals surface area contributed by atoms with Crippen LogP contribution in [0.25, 0.3) is 0 Å². The maximum Gasteiger partial charge on any atom is 0.261 e. The molecular weight excluding hydrogens is 240 g/mol. The topological polar surface area (TPSA) is 47.0 Å². The van der Waals surface area contributed by atoms with Gasteiger partial charge in [-0.25, -0.2) is 18.7 Å². The van der Waals surface area contributed by atoms with E-state index in [1.165, 1.54) is 5.56 Å². The molecule has 4 nitrogen and oxygen atoms in total. The Morgan fingerprint density at radius 3 is 3.00 bits per heavy atom. The average molecular weight is 257 g/mol. The molecule has 0 unspecified atom stereocenters. The van der Waals surface area contributed by atoms with Crippen LogP contribution in [-0.4, -0.2) is 36.2 Å². The Labute approximate surface area is 105 Å². The number of hydrogen-bond donors (Lipinski definition) is 1. The summed E-state index contributed by atoms with van der Waals surface area (Å²) in [5.41, 5.74) is 3.23. The molecule has 18 heavy (non-hydrogen) atoms. The summed E-state index contributed by atoms with van der Waals surface area (Å²) in [5, 5.41) is 3.26. The van der Waals surface area contributed by atoms with Crippen molar-refractivity contribution in [3.8, 4) is 0 Å². The Hall–Kier alpha value is -1.14. The maximum atomic E-state index is 11.9. The van der Waals surface area contributed by atoms with Gasteiger partial charge in [-0.2, -0.15) is 0 Å². The van der Waals surface area contributed by atoms with E-state index in [4.69, 9.17) is 4.74 Å². The summed E-state index contributed by atoms with van der Waals surface area (Å²) in [5.74, 6) is 0.671. The van der Waals surface area contributed by atoms with Crippen molar-refractivity contribution in [3.05, 3.63) is 22.8 Å². The Morgan fingerprint density at radius 1 is 1.39 bits per heavy atom. The van der Waals surface area contributed by atoms with E-state index in [2.05, 4.69) is 15.3 Å². The quantitative estimate of drug-likeness (QED) is 0.807. The van der Waals surface area contributed by atoms with E-state index in [0.29, 0.717) is 12.2 Å². The van der Waals surface area contributed by atoms with Crippen LogP contribution >= 0.6 is 0 Å². The molecule has 100 valence electrons. The van der Waals surface area contributed by atoms with Crippen LogP contribution in [0.3, 0.4) is 0 Å². The van der Waals surface area contributed by atoms with Crippen molar-refractivity contribution in [1.29, 1.82) is 0 Å². The van der Waals surface area contributed by atoms with Crippen LogP contribution in [0.15, 0.2) is 0 Å². The maximum absolute atomic E-state index is 11.9. The number of aromatic nitrogens is 2. The number of rotatable bonds is 5. The number of halogens is 2. The highest BCUT2D eigenvalue weighted by atomic mass is 19.3. The van der Waals surface area contributed by atoms with Gasteiger partial charge in [0.2, 0.25) is 0 Å². The van der Waals surface area contributed by atoms with E-state index in [1.807, 2.05) is 6.92 Å². The molecule has 2 heterocycles. The number of fused-ring (bicyclic) bond motifs is 1. The largest absolute Gasteiger partial charge is 0.375 e. The fraction of sp³-hybridized carbons (Fsp3) is 0.667. The lowest BCUT2D eigenvalue weighted by atomic mass is 10.0. The van der Waals surface area contributed by atoms with Gasteiger partial charge in [0.1, 0.15) is 12.4 Å². The molecule has 0 atom stereocenters. The zero-order valence-electron chi connectivity index (χ0n) is 10.4. The van der Waals surface area contributed by atoms with Crippen LogP contribution < -0.4 is 5.32 Å². The second-order valence-electron chi connectivity index (χ2n) is 4.29. The molecule has 0 radical (unpaired) electrons. The van der Waals surface area contributed by atoms with Gasteiger partial charge in [-0.3, -0.25) is 0 Å². The molecule has 1 aliphatic rings. The van der Waals surface area contributed by atoms with E-state index in [0.717, 1.165) is 30.9 Å². The highest BCUT2D eigenvalue weighted by Crippen LogP contribution is 2.15. The molecule has 0 saturated heterocycles. The Bertz CT molecular complexity index is 413. The zero-order chi connectivity index (χ0) is 13.0. The third kappa shape index (κ3) is 3.43. The molecule has 6 heteroatoms. The molecule has 0 aliphatic carbocycles. The van der Waals surface area contributed by atoms with Crippen LogP contribution in [0.4, 0.5) is 8.78 Å². The smallest absolute Gasteiger partial charge is 0.261 e. The molecular formula is C12H17F2N3O. The fourth-order valence-electron chi connectivity index (χ4n) is 2.06. The van der Waals surface area contributed by atoms with E-state index in [-0.39, 0.29) is 6.61 Å². The normalized spacial score (nSPS) is 14.9. The molecule has 1 N–H and O–H groups in total. The van der Waals surface area contributed by atoms with E-state index in [9.17, 15) is 8.78 Å². The summed E-state index contributed by atoms with van der Waals surface area (Å²) >= 11 is 0. The second kappa shape index (κ2) is 6.15. The molecule has 1 aromatic heterocycles. The molecule has 1 aliphatic heterocycles. The summed E-state index contributed by atoms with van der Waals surface area (Å²) in [6, 6.07) is 0. The number of alkyl halides is 2. The van der Waals surface area contributed by atoms with Crippen LogP contribution in [0.5, 0.6) is 0 Å². The van der Waals surface area contributed by atoms with Gasteiger partial charge in [0.05, 0.1) is 12.3 Å². The van der Waals surface area contributed by atoms with Crippen molar-refractivity contribution in [1.82, 2.24) is 15.3 Å². The van der Waals surface area contributed by atoms with Gasteiger partial charge in [-0.15, -0.1) is 0 Å². The number of nitrogens with one attached hydrogen (secondary N) is 1. The van der Waals surface area contributed by atoms with Gasteiger partial charge in [0.25, 0.3) is 6.43 Å². The summed E-state index contributed by atoms with van der Waals surface area (Å²) in [6.45, 7) is 3.38. The number of hydrogen-bond acceptors (Lipinski definition) is 4. The van der Waals surface area contributed by atoms with Crippen molar-refractivity contribution in [2.45, 2.75) is 32.7 Å². The standard InChI is InChI=1S/C12H17F2N3O/c1-8-9-2-4-15-6-10(9)17-12(16-8)3-5-18-7-11(13)14/h11,15H,2-7H2,1H3. The molecule has 0 fully saturated rings. The number of aryl methyl sites for hydroxylation is 1. The van der Waals surface area contributed by atoms with Gasteiger partial charge >= 0.3 is 0 Å². The first kappa shape index (κ1) is 13.3. The molecule has 0 aromatic carbocycles. The van der Waals surface area contributed by atoms with Crippen molar-refractivity contribution in [2.24, 2.45) is 0 Å². The first-order valence-corrected chi connectivity index (χ1v) is 6.08. The Kier molecular flexibility index (Phi) is 4.54. The zero-order valence-corrected chi connectivity index (χ0v) is 10.4. The predicted molar refractivity (Wildman–Crippen MR) is 62.7 cm³/mol. The first-order chi connectivity index (χ1) is 8.66. The average Bonchev–Trinajstić information content (AvgIpc) is 2.35. The van der Waals surface area contributed by atoms with Crippen molar-refractivity contribution in [2.75, 3.05) is 19.8 Å². The van der Waals surface area contributed by atoms with Crippen LogP contribution in [-0.2, 0) is 24.1 Å². The fourth-order valence-corrected chi connectivity index (χ4v) is 2.06. The van der Waals surface area contributed by atoms with Crippen molar-refractivity contribution < 1.29 is 13.5 Å². The first-order valence-electron chi connectivity index (χ1n) is 6.08. The molecule has 1 aromatic rings. The Morgan fingerprint density at radius 2 is 2.22 bits per heavy atom. The van der Waals surface area contributed by atoms with Gasteiger partial charge in [-0.1, -0.05) is 0 Å². The molecule has 0 bridgehead atoms. The SMILES string of the molecule is Cc1nc(CCOCC(F)F)nc2c1CCNC2. The lowest BCUT2D eigenvalue weighted by Gasteiger charge is -2.18. The summed E-state index contributed by atoms with van der Waals surface area (Å²) in [4.78, 5) is 8.85. The molecule has 2 rings (SSSR count). The number of nitrogens with zero attached hydrogens (tertiary/aromatic N) is 2. The molecule has 0 amide bonds. The third-order valence-corrected chi connectivity index (χ3v) is 2.90. The van der Waals surface area contributed by atoms with Crippen LogP contribution in [0.2, 0.25) is 0 Å². The van der Waals surface area contributed by atoms with Gasteiger partial charge in [-0.05, 0) is 25.5 Å². The number of ether oxygens (including phenoxy) is 1.